The maximum Gasteiger partial charge on any atom is 0.123 e. The first-order valence-electron chi connectivity index (χ1n) is 6.87. The number of anilines is 1. The number of hydrogen-bond acceptors (Lipinski definition) is 2. The first kappa shape index (κ1) is 15.0. The van der Waals surface area contributed by atoms with E-state index in [1.54, 1.807) is 0 Å². The van der Waals surface area contributed by atoms with Crippen molar-refractivity contribution in [3.05, 3.63) is 30.1 Å². The van der Waals surface area contributed by atoms with Crippen molar-refractivity contribution in [1.82, 2.24) is 5.32 Å². The maximum atomic E-state index is 12.9. The van der Waals surface area contributed by atoms with Gasteiger partial charge >= 0.3 is 0 Å². The molecule has 0 bridgehead atoms. The molecule has 0 saturated heterocycles. The Bertz CT molecular complexity index is 324. The highest BCUT2D eigenvalue weighted by Gasteiger charge is 2.10. The van der Waals surface area contributed by atoms with Crippen molar-refractivity contribution in [2.24, 2.45) is 0 Å². The number of nitrogens with zero attached hydrogens (tertiary/aromatic N) is 1. The van der Waals surface area contributed by atoms with E-state index in [9.17, 15) is 4.39 Å². The molecule has 102 valence electrons. The highest BCUT2D eigenvalue weighted by atomic mass is 19.1. The van der Waals surface area contributed by atoms with Crippen molar-refractivity contribution < 1.29 is 4.39 Å². The fourth-order valence-electron chi connectivity index (χ4n) is 2.09. The van der Waals surface area contributed by atoms with Crippen LogP contribution in [0.1, 0.15) is 33.1 Å². The van der Waals surface area contributed by atoms with Crippen molar-refractivity contribution in [1.29, 1.82) is 0 Å². The fourth-order valence-corrected chi connectivity index (χ4v) is 2.09. The minimum atomic E-state index is -0.179. The summed E-state index contributed by atoms with van der Waals surface area (Å²) in [5.41, 5.74) is 1.07. The quantitative estimate of drug-likeness (QED) is 0.762. The molecule has 18 heavy (non-hydrogen) atoms. The molecule has 1 rings (SSSR count). The standard InChI is InChI=1S/C15H25FN2/c1-4-6-14(17-11-5-2)12-18(3)15-9-7-13(16)8-10-15/h7-10,14,17H,4-6,11-12H2,1-3H3. The molecule has 0 fully saturated rings. The molecule has 0 heterocycles. The third-order valence-electron chi connectivity index (χ3n) is 3.08. The van der Waals surface area contributed by atoms with Gasteiger partial charge in [-0.25, -0.2) is 4.39 Å². The predicted molar refractivity (Wildman–Crippen MR) is 76.7 cm³/mol. The lowest BCUT2D eigenvalue weighted by Crippen LogP contribution is -2.39. The Morgan fingerprint density at radius 1 is 1.17 bits per heavy atom. The number of benzene rings is 1. The second kappa shape index (κ2) is 8.09. The smallest absolute Gasteiger partial charge is 0.123 e. The Hall–Kier alpha value is -1.09. The summed E-state index contributed by atoms with van der Waals surface area (Å²) in [6.45, 7) is 6.40. The monoisotopic (exact) mass is 252 g/mol. The molecule has 3 heteroatoms. The average Bonchev–Trinajstić information content (AvgIpc) is 2.37. The zero-order valence-electron chi connectivity index (χ0n) is 11.7. The van der Waals surface area contributed by atoms with Gasteiger partial charge in [-0.1, -0.05) is 20.3 Å². The van der Waals surface area contributed by atoms with Crippen LogP contribution in [0.3, 0.4) is 0 Å². The van der Waals surface area contributed by atoms with Crippen LogP contribution in [-0.2, 0) is 0 Å². The van der Waals surface area contributed by atoms with Gasteiger partial charge in [-0.05, 0) is 43.7 Å². The Morgan fingerprint density at radius 3 is 2.39 bits per heavy atom. The first-order chi connectivity index (χ1) is 8.67. The molecule has 0 amide bonds. The molecule has 0 aromatic heterocycles. The van der Waals surface area contributed by atoms with Gasteiger partial charge in [0.25, 0.3) is 0 Å². The van der Waals surface area contributed by atoms with Crippen LogP contribution >= 0.6 is 0 Å². The molecule has 1 unspecified atom stereocenters. The molecule has 1 aromatic rings. The topological polar surface area (TPSA) is 15.3 Å². The van der Waals surface area contributed by atoms with E-state index in [-0.39, 0.29) is 5.82 Å². The third-order valence-corrected chi connectivity index (χ3v) is 3.08. The van der Waals surface area contributed by atoms with Gasteiger partial charge in [0, 0.05) is 25.3 Å². The van der Waals surface area contributed by atoms with Crippen molar-refractivity contribution in [3.63, 3.8) is 0 Å². The van der Waals surface area contributed by atoms with E-state index < -0.39 is 0 Å². The summed E-state index contributed by atoms with van der Waals surface area (Å²) in [7, 11) is 2.06. The van der Waals surface area contributed by atoms with Crippen molar-refractivity contribution in [2.75, 3.05) is 25.0 Å². The molecule has 0 aliphatic heterocycles. The van der Waals surface area contributed by atoms with Crippen molar-refractivity contribution >= 4 is 5.69 Å². The van der Waals surface area contributed by atoms with Crippen molar-refractivity contribution in [2.45, 2.75) is 39.2 Å². The summed E-state index contributed by atoms with van der Waals surface area (Å²) in [5, 5.41) is 3.57. The van der Waals surface area contributed by atoms with Crippen LogP contribution in [0.15, 0.2) is 24.3 Å². The molecule has 0 spiro atoms. The summed E-state index contributed by atoms with van der Waals surface area (Å²) >= 11 is 0. The van der Waals surface area contributed by atoms with Crippen LogP contribution in [0.2, 0.25) is 0 Å². The molecule has 0 aliphatic carbocycles. The summed E-state index contributed by atoms with van der Waals surface area (Å²) < 4.78 is 12.9. The number of halogens is 1. The number of hydrogen-bond donors (Lipinski definition) is 1. The van der Waals surface area contributed by atoms with Gasteiger partial charge in [-0.15, -0.1) is 0 Å². The normalized spacial score (nSPS) is 12.4. The van der Waals surface area contributed by atoms with Crippen LogP contribution in [0, 0.1) is 5.82 Å². The molecule has 0 saturated carbocycles. The SMILES string of the molecule is CCCNC(CCC)CN(C)c1ccc(F)cc1. The zero-order chi connectivity index (χ0) is 13.4. The maximum absolute atomic E-state index is 12.9. The number of rotatable bonds is 8. The lowest BCUT2D eigenvalue weighted by atomic mass is 10.1. The van der Waals surface area contributed by atoms with Gasteiger partial charge in [0.15, 0.2) is 0 Å². The summed E-state index contributed by atoms with van der Waals surface area (Å²) in [4.78, 5) is 2.18. The van der Waals surface area contributed by atoms with E-state index in [1.165, 1.54) is 25.0 Å². The minimum Gasteiger partial charge on any atom is -0.373 e. The van der Waals surface area contributed by atoms with Gasteiger partial charge < -0.3 is 10.2 Å². The van der Waals surface area contributed by atoms with Gasteiger partial charge in [0.05, 0.1) is 0 Å². The molecular formula is C15H25FN2. The lowest BCUT2D eigenvalue weighted by molar-refractivity contribution is 0.476. The van der Waals surface area contributed by atoms with E-state index in [1.807, 2.05) is 12.1 Å². The van der Waals surface area contributed by atoms with E-state index in [2.05, 4.69) is 31.1 Å². The van der Waals surface area contributed by atoms with Crippen LogP contribution in [0.25, 0.3) is 0 Å². The van der Waals surface area contributed by atoms with Gasteiger partial charge in [-0.3, -0.25) is 0 Å². The summed E-state index contributed by atoms with van der Waals surface area (Å²) in [5.74, 6) is -0.179. The van der Waals surface area contributed by atoms with E-state index in [4.69, 9.17) is 0 Å². The van der Waals surface area contributed by atoms with E-state index in [0.29, 0.717) is 6.04 Å². The van der Waals surface area contributed by atoms with Crippen LogP contribution < -0.4 is 10.2 Å². The zero-order valence-corrected chi connectivity index (χ0v) is 11.7. The van der Waals surface area contributed by atoms with Crippen LogP contribution in [-0.4, -0.2) is 26.2 Å². The molecular weight excluding hydrogens is 227 g/mol. The second-order valence-corrected chi connectivity index (χ2v) is 4.80. The Kier molecular flexibility index (Phi) is 6.73. The van der Waals surface area contributed by atoms with E-state index in [0.717, 1.165) is 25.2 Å². The largest absolute Gasteiger partial charge is 0.373 e. The second-order valence-electron chi connectivity index (χ2n) is 4.80. The molecule has 1 atom stereocenters. The van der Waals surface area contributed by atoms with Gasteiger partial charge in [0.2, 0.25) is 0 Å². The molecule has 1 N–H and O–H groups in total. The molecule has 0 aliphatic rings. The Balaban J connectivity index is 2.53. The van der Waals surface area contributed by atoms with Gasteiger partial charge in [0.1, 0.15) is 5.82 Å². The Labute approximate surface area is 110 Å². The fraction of sp³-hybridized carbons (Fsp3) is 0.600. The van der Waals surface area contributed by atoms with Crippen LogP contribution in [0.5, 0.6) is 0 Å². The average molecular weight is 252 g/mol. The predicted octanol–water partition coefficient (Wildman–Crippen LogP) is 3.43. The molecule has 1 aromatic carbocycles. The Morgan fingerprint density at radius 2 is 1.83 bits per heavy atom. The first-order valence-corrected chi connectivity index (χ1v) is 6.87. The van der Waals surface area contributed by atoms with Crippen LogP contribution in [0.4, 0.5) is 10.1 Å². The highest BCUT2D eigenvalue weighted by molar-refractivity contribution is 5.45. The van der Waals surface area contributed by atoms with E-state index >= 15 is 0 Å². The minimum absolute atomic E-state index is 0.179. The molecule has 2 nitrogen and oxygen atoms in total. The number of likely N-dealkylation sites (N-methyl/N-ethyl adjacent to an activating group) is 1. The third kappa shape index (κ3) is 5.05. The molecule has 0 radical (unpaired) electrons. The van der Waals surface area contributed by atoms with Crippen molar-refractivity contribution in [3.8, 4) is 0 Å². The van der Waals surface area contributed by atoms with Gasteiger partial charge in [-0.2, -0.15) is 0 Å². The summed E-state index contributed by atoms with van der Waals surface area (Å²) in [6.07, 6.45) is 3.50. The number of nitrogens with one attached hydrogen (secondary N) is 1. The summed E-state index contributed by atoms with van der Waals surface area (Å²) in [6, 6.07) is 7.20. The highest BCUT2D eigenvalue weighted by Crippen LogP contribution is 2.14. The lowest BCUT2D eigenvalue weighted by Gasteiger charge is -2.26.